The third kappa shape index (κ3) is 3.23. The minimum atomic E-state index is -0.425. The molecule has 0 aliphatic carbocycles. The highest BCUT2D eigenvalue weighted by molar-refractivity contribution is 7.99. The Morgan fingerprint density at radius 1 is 0.875 bits per heavy atom. The monoisotopic (exact) mass is 342 g/mol. The lowest BCUT2D eigenvalue weighted by molar-refractivity contribution is 0.00578. The van der Waals surface area contributed by atoms with Crippen molar-refractivity contribution in [2.24, 2.45) is 0 Å². The van der Waals surface area contributed by atoms with E-state index in [1.54, 1.807) is 11.8 Å². The molecule has 126 valence electrons. The van der Waals surface area contributed by atoms with E-state index in [0.29, 0.717) is 0 Å². The molecule has 3 rings (SSSR count). The van der Waals surface area contributed by atoms with E-state index >= 15 is 0 Å². The average Bonchev–Trinajstić information content (AvgIpc) is 2.67. The Hall–Kier alpha value is -1.37. The van der Waals surface area contributed by atoms with Crippen LogP contribution in [0.15, 0.2) is 40.4 Å². The molecule has 1 fully saturated rings. The summed E-state index contributed by atoms with van der Waals surface area (Å²) in [6, 6.07) is 10.1. The first kappa shape index (κ1) is 17.5. The van der Waals surface area contributed by atoms with Crippen molar-refractivity contribution >= 4 is 24.3 Å². The van der Waals surface area contributed by atoms with Crippen LogP contribution in [0.5, 0.6) is 0 Å². The van der Waals surface area contributed by atoms with Gasteiger partial charge in [-0.2, -0.15) is 0 Å². The van der Waals surface area contributed by atoms with Crippen LogP contribution in [0.3, 0.4) is 0 Å². The number of rotatable bonds is 3. The maximum atomic E-state index is 6.16. The molecule has 0 N–H and O–H groups in total. The summed E-state index contributed by atoms with van der Waals surface area (Å²) in [6.07, 6.45) is 0. The van der Waals surface area contributed by atoms with Crippen LogP contribution in [0.1, 0.15) is 39.1 Å². The van der Waals surface area contributed by atoms with Gasteiger partial charge in [0.05, 0.1) is 11.2 Å². The first-order chi connectivity index (χ1) is 11.2. The second-order valence-corrected chi connectivity index (χ2v) is 8.13. The van der Waals surface area contributed by atoms with Crippen molar-refractivity contribution in [3.8, 4) is 0 Å². The molecular formula is C18H23BN2O2S. The molecular weight excluding hydrogens is 319 g/mol. The van der Waals surface area contributed by atoms with E-state index in [2.05, 4.69) is 49.8 Å². The molecule has 1 aliphatic rings. The largest absolute Gasteiger partial charge is 0.498 e. The third-order valence-electron chi connectivity index (χ3n) is 4.75. The highest BCUT2D eigenvalue weighted by Crippen LogP contribution is 2.37. The normalized spacial score (nSPS) is 18.8. The zero-order chi connectivity index (χ0) is 17.5. The number of nitrogens with zero attached hydrogens (tertiary/aromatic N) is 2. The van der Waals surface area contributed by atoms with Gasteiger partial charge in [0.1, 0.15) is 0 Å². The Morgan fingerprint density at radius 3 is 1.88 bits per heavy atom. The van der Waals surface area contributed by atoms with Gasteiger partial charge >= 0.3 is 7.12 Å². The summed E-state index contributed by atoms with van der Waals surface area (Å²) in [5.74, 6) is 0. The predicted octanol–water partition coefficient (Wildman–Crippen LogP) is 3.54. The summed E-state index contributed by atoms with van der Waals surface area (Å²) in [5.41, 5.74) is 2.01. The molecule has 2 aromatic rings. The van der Waals surface area contributed by atoms with Crippen LogP contribution in [0.4, 0.5) is 0 Å². The predicted molar refractivity (Wildman–Crippen MR) is 97.8 cm³/mol. The molecule has 0 atom stereocenters. The van der Waals surface area contributed by atoms with E-state index in [9.17, 15) is 0 Å². The van der Waals surface area contributed by atoms with Crippen molar-refractivity contribution in [1.82, 2.24) is 9.97 Å². The van der Waals surface area contributed by atoms with Crippen molar-refractivity contribution in [3.05, 3.63) is 41.7 Å². The molecule has 1 aromatic carbocycles. The number of hydrogen-bond donors (Lipinski definition) is 0. The Morgan fingerprint density at radius 2 is 1.38 bits per heavy atom. The third-order valence-corrected chi connectivity index (χ3v) is 5.62. The first-order valence-corrected chi connectivity index (χ1v) is 8.95. The average molecular weight is 342 g/mol. The smallest absolute Gasteiger partial charge is 0.399 e. The fraction of sp³-hybridized carbons (Fsp3) is 0.444. The number of hydrogen-bond acceptors (Lipinski definition) is 5. The summed E-state index contributed by atoms with van der Waals surface area (Å²) in [4.78, 5) is 10.4. The molecule has 1 aliphatic heterocycles. The van der Waals surface area contributed by atoms with Gasteiger partial charge in [-0.1, -0.05) is 18.2 Å². The van der Waals surface area contributed by atoms with Crippen LogP contribution in [0, 0.1) is 13.8 Å². The lowest BCUT2D eigenvalue weighted by Crippen LogP contribution is -2.41. The highest BCUT2D eigenvalue weighted by atomic mass is 32.2. The Kier molecular flexibility index (Phi) is 4.49. The van der Waals surface area contributed by atoms with Gasteiger partial charge in [-0.15, -0.1) is 0 Å². The number of benzene rings is 1. The molecule has 1 saturated heterocycles. The highest BCUT2D eigenvalue weighted by Gasteiger charge is 2.52. The first-order valence-electron chi connectivity index (χ1n) is 8.13. The van der Waals surface area contributed by atoms with Crippen LogP contribution in [-0.4, -0.2) is 28.3 Å². The van der Waals surface area contributed by atoms with E-state index in [0.717, 1.165) is 26.9 Å². The molecule has 2 heterocycles. The van der Waals surface area contributed by atoms with Gasteiger partial charge in [0.2, 0.25) is 0 Å². The molecule has 0 amide bonds. The van der Waals surface area contributed by atoms with E-state index in [1.807, 2.05) is 32.0 Å². The maximum absolute atomic E-state index is 6.16. The van der Waals surface area contributed by atoms with E-state index in [1.165, 1.54) is 0 Å². The van der Waals surface area contributed by atoms with Gasteiger partial charge in [0, 0.05) is 21.7 Å². The second-order valence-electron chi connectivity index (χ2n) is 7.09. The molecule has 0 saturated carbocycles. The Balaban J connectivity index is 1.89. The van der Waals surface area contributed by atoms with Crippen LogP contribution in [0.2, 0.25) is 0 Å². The van der Waals surface area contributed by atoms with Gasteiger partial charge in [0.25, 0.3) is 0 Å². The topological polar surface area (TPSA) is 44.2 Å². The molecule has 4 nitrogen and oxygen atoms in total. The van der Waals surface area contributed by atoms with Crippen molar-refractivity contribution in [3.63, 3.8) is 0 Å². The van der Waals surface area contributed by atoms with E-state index < -0.39 is 7.12 Å². The van der Waals surface area contributed by atoms with Crippen molar-refractivity contribution in [2.75, 3.05) is 0 Å². The summed E-state index contributed by atoms with van der Waals surface area (Å²) in [7, 11) is -0.425. The summed E-state index contributed by atoms with van der Waals surface area (Å²) in [6.45, 7) is 12.2. The molecule has 0 radical (unpaired) electrons. The molecule has 0 unspecified atom stereocenters. The van der Waals surface area contributed by atoms with Crippen LogP contribution < -0.4 is 5.46 Å². The van der Waals surface area contributed by atoms with Crippen molar-refractivity contribution in [1.29, 1.82) is 0 Å². The minimum Gasteiger partial charge on any atom is -0.399 e. The molecule has 0 bridgehead atoms. The van der Waals surface area contributed by atoms with Gasteiger partial charge in [-0.25, -0.2) is 9.97 Å². The van der Waals surface area contributed by atoms with Crippen LogP contribution in [-0.2, 0) is 9.31 Å². The Labute approximate surface area is 148 Å². The standard InChI is InChI=1S/C18H23BN2O2S/c1-12-15(19-22-17(3,4)18(5,6)23-19)13(2)21-16(20-12)24-14-10-8-7-9-11-14/h7-11H,1-6H3. The van der Waals surface area contributed by atoms with E-state index in [-0.39, 0.29) is 11.2 Å². The molecule has 6 heteroatoms. The van der Waals surface area contributed by atoms with E-state index in [4.69, 9.17) is 9.31 Å². The SMILES string of the molecule is Cc1nc(Sc2ccccc2)nc(C)c1B1OC(C)(C)C(C)(C)O1. The van der Waals surface area contributed by atoms with Crippen LogP contribution >= 0.6 is 11.8 Å². The number of aryl methyl sites for hydroxylation is 2. The zero-order valence-corrected chi connectivity index (χ0v) is 15.9. The quantitative estimate of drug-likeness (QED) is 0.631. The summed E-state index contributed by atoms with van der Waals surface area (Å²) >= 11 is 1.56. The lowest BCUT2D eigenvalue weighted by atomic mass is 9.77. The summed E-state index contributed by atoms with van der Waals surface area (Å²) in [5, 5.41) is 0.747. The Bertz CT molecular complexity index is 711. The van der Waals surface area contributed by atoms with Gasteiger partial charge < -0.3 is 9.31 Å². The summed E-state index contributed by atoms with van der Waals surface area (Å²) < 4.78 is 12.3. The minimum absolute atomic E-state index is 0.367. The maximum Gasteiger partial charge on any atom is 0.498 e. The molecule has 1 aromatic heterocycles. The van der Waals surface area contributed by atoms with Gasteiger partial charge in [0.15, 0.2) is 5.16 Å². The van der Waals surface area contributed by atoms with Crippen molar-refractivity contribution in [2.45, 2.75) is 62.8 Å². The molecule has 24 heavy (non-hydrogen) atoms. The van der Waals surface area contributed by atoms with Crippen LogP contribution in [0.25, 0.3) is 0 Å². The van der Waals surface area contributed by atoms with Gasteiger partial charge in [-0.3, -0.25) is 0 Å². The lowest BCUT2D eigenvalue weighted by Gasteiger charge is -2.32. The van der Waals surface area contributed by atoms with Crippen molar-refractivity contribution < 1.29 is 9.31 Å². The van der Waals surface area contributed by atoms with Gasteiger partial charge in [-0.05, 0) is 65.4 Å². The molecule has 0 spiro atoms. The fourth-order valence-electron chi connectivity index (χ4n) is 2.64. The number of aromatic nitrogens is 2. The fourth-order valence-corrected chi connectivity index (χ4v) is 3.50. The zero-order valence-electron chi connectivity index (χ0n) is 15.1. The second kappa shape index (κ2) is 6.17.